The van der Waals surface area contributed by atoms with Gasteiger partial charge in [-0.05, 0) is 19.3 Å². The largest absolute Gasteiger partial charge is 0.324 e. The molecule has 0 saturated heterocycles. The minimum atomic E-state index is -0.967. The van der Waals surface area contributed by atoms with Gasteiger partial charge in [0.25, 0.3) is 0 Å². The molecule has 0 aromatic heterocycles. The summed E-state index contributed by atoms with van der Waals surface area (Å²) in [6.07, 6.45) is 1.32. The van der Waals surface area contributed by atoms with Crippen LogP contribution in [0.25, 0.3) is 0 Å². The smallest absolute Gasteiger partial charge is 0.152 e. The molecule has 0 radical (unpaired) electrons. The van der Waals surface area contributed by atoms with Crippen LogP contribution in [0.4, 0.5) is 4.39 Å². The molecule has 10 heavy (non-hydrogen) atoms. The van der Waals surface area contributed by atoms with Crippen molar-refractivity contribution in [3.63, 3.8) is 0 Å². The third-order valence-corrected chi connectivity index (χ3v) is 2.74. The Hall–Kier alpha value is -0.440. The number of nitrogens with two attached hydrogens (primary N) is 1. The second-order valence-electron chi connectivity index (χ2n) is 3.59. The average molecular weight is 143 g/mol. The van der Waals surface area contributed by atoms with Crippen LogP contribution >= 0.6 is 0 Å². The highest BCUT2D eigenvalue weighted by molar-refractivity contribution is 5.90. The van der Waals surface area contributed by atoms with Crippen LogP contribution in [0.2, 0.25) is 0 Å². The molecule has 2 nitrogen and oxygen atoms in total. The molecule has 0 spiro atoms. The second kappa shape index (κ2) is 1.42. The second-order valence-corrected chi connectivity index (χ2v) is 3.59. The summed E-state index contributed by atoms with van der Waals surface area (Å²) in [5.41, 5.74) is 3.89. The van der Waals surface area contributed by atoms with Crippen LogP contribution in [-0.2, 0) is 4.79 Å². The molecule has 0 heterocycles. The standard InChI is InChI=1S/C7H10FNO/c8-7-2-6(3-7,4-7)5(10)1-9/h1-4,9H2. The van der Waals surface area contributed by atoms with Crippen molar-refractivity contribution < 1.29 is 9.18 Å². The molecule has 0 aromatic rings. The number of hydrogen-bond donors (Lipinski definition) is 1. The lowest BCUT2D eigenvalue weighted by Gasteiger charge is -2.64. The Labute approximate surface area is 58.6 Å². The van der Waals surface area contributed by atoms with E-state index in [1.807, 2.05) is 0 Å². The van der Waals surface area contributed by atoms with E-state index in [-0.39, 0.29) is 17.7 Å². The molecule has 3 rings (SSSR count). The molecule has 2 N–H and O–H groups in total. The summed E-state index contributed by atoms with van der Waals surface area (Å²) in [5, 5.41) is 0. The Kier molecular flexibility index (Phi) is 0.892. The molecule has 3 fully saturated rings. The molecule has 3 aliphatic carbocycles. The third-order valence-electron chi connectivity index (χ3n) is 2.74. The Balaban J connectivity index is 2.04. The van der Waals surface area contributed by atoms with Gasteiger partial charge in [-0.15, -0.1) is 0 Å². The molecule has 3 aliphatic rings. The molecule has 0 aliphatic heterocycles. The van der Waals surface area contributed by atoms with Crippen molar-refractivity contribution in [1.29, 1.82) is 0 Å². The van der Waals surface area contributed by atoms with Gasteiger partial charge in [0, 0.05) is 5.41 Å². The Morgan fingerprint density at radius 1 is 1.50 bits per heavy atom. The Bertz CT molecular complexity index is 182. The lowest BCUT2D eigenvalue weighted by atomic mass is 9.41. The van der Waals surface area contributed by atoms with Gasteiger partial charge >= 0.3 is 0 Å². The van der Waals surface area contributed by atoms with Gasteiger partial charge < -0.3 is 5.73 Å². The molecular formula is C7H10FNO. The number of Topliss-reactive ketones (excluding diaryl/α,β-unsaturated/α-hetero) is 1. The van der Waals surface area contributed by atoms with Crippen LogP contribution in [-0.4, -0.2) is 18.0 Å². The zero-order valence-electron chi connectivity index (χ0n) is 5.69. The van der Waals surface area contributed by atoms with E-state index >= 15 is 0 Å². The van der Waals surface area contributed by atoms with Crippen molar-refractivity contribution in [3.8, 4) is 0 Å². The molecule has 2 bridgehead atoms. The SMILES string of the molecule is NCC(=O)C12CC(F)(C1)C2. The first kappa shape index (κ1) is 6.28. The number of halogens is 1. The number of carbonyl (C=O) groups is 1. The van der Waals surface area contributed by atoms with Gasteiger partial charge in [-0.3, -0.25) is 4.79 Å². The van der Waals surface area contributed by atoms with E-state index in [9.17, 15) is 9.18 Å². The van der Waals surface area contributed by atoms with Crippen LogP contribution in [0.1, 0.15) is 19.3 Å². The summed E-state index contributed by atoms with van der Waals surface area (Å²) >= 11 is 0. The highest BCUT2D eigenvalue weighted by Crippen LogP contribution is 2.69. The third kappa shape index (κ3) is 0.498. The fourth-order valence-electron chi connectivity index (χ4n) is 2.18. The number of alkyl halides is 1. The van der Waals surface area contributed by atoms with E-state index < -0.39 is 5.67 Å². The fraction of sp³-hybridized carbons (Fsp3) is 0.857. The fourth-order valence-corrected chi connectivity index (χ4v) is 2.18. The molecule has 3 heteroatoms. The summed E-state index contributed by atoms with van der Waals surface area (Å²) in [4.78, 5) is 11.0. The minimum absolute atomic E-state index is 0.0482. The summed E-state index contributed by atoms with van der Waals surface area (Å²) in [6.45, 7) is 0.0794. The van der Waals surface area contributed by atoms with E-state index in [1.54, 1.807) is 0 Å². The van der Waals surface area contributed by atoms with Gasteiger partial charge in [-0.25, -0.2) is 4.39 Å². The normalized spacial score (nSPS) is 49.4. The maximum Gasteiger partial charge on any atom is 0.152 e. The predicted octanol–water partition coefficient (Wildman–Crippen LogP) is 0.406. The Morgan fingerprint density at radius 2 is 2.00 bits per heavy atom. The van der Waals surface area contributed by atoms with Crippen LogP contribution in [0.5, 0.6) is 0 Å². The number of hydrogen-bond acceptors (Lipinski definition) is 2. The highest BCUT2D eigenvalue weighted by atomic mass is 19.1. The first-order valence-electron chi connectivity index (χ1n) is 3.53. The van der Waals surface area contributed by atoms with E-state index in [2.05, 4.69) is 0 Å². The maximum atomic E-state index is 12.8. The van der Waals surface area contributed by atoms with Crippen LogP contribution in [0.3, 0.4) is 0 Å². The lowest BCUT2D eigenvalue weighted by Crippen LogP contribution is -2.68. The minimum Gasteiger partial charge on any atom is -0.324 e. The van der Waals surface area contributed by atoms with Crippen LogP contribution in [0.15, 0.2) is 0 Å². The van der Waals surface area contributed by atoms with Crippen molar-refractivity contribution >= 4 is 5.78 Å². The first-order chi connectivity index (χ1) is 4.60. The molecular weight excluding hydrogens is 133 g/mol. The van der Waals surface area contributed by atoms with Gasteiger partial charge in [-0.2, -0.15) is 0 Å². The maximum absolute atomic E-state index is 12.8. The predicted molar refractivity (Wildman–Crippen MR) is 34.2 cm³/mol. The van der Waals surface area contributed by atoms with Crippen LogP contribution in [0, 0.1) is 5.41 Å². The van der Waals surface area contributed by atoms with E-state index in [4.69, 9.17) is 5.73 Å². The molecule has 0 aromatic carbocycles. The summed E-state index contributed by atoms with van der Waals surface area (Å²) in [5.74, 6) is 0.0482. The van der Waals surface area contributed by atoms with Gasteiger partial charge in [0.1, 0.15) is 5.67 Å². The molecule has 0 amide bonds. The van der Waals surface area contributed by atoms with Crippen molar-refractivity contribution in [3.05, 3.63) is 0 Å². The molecule has 0 unspecified atom stereocenters. The summed E-state index contributed by atoms with van der Waals surface area (Å²) < 4.78 is 12.8. The van der Waals surface area contributed by atoms with Crippen molar-refractivity contribution in [2.75, 3.05) is 6.54 Å². The monoisotopic (exact) mass is 143 g/mol. The first-order valence-corrected chi connectivity index (χ1v) is 3.53. The number of rotatable bonds is 2. The van der Waals surface area contributed by atoms with Gasteiger partial charge in [0.05, 0.1) is 6.54 Å². The summed E-state index contributed by atoms with van der Waals surface area (Å²) in [7, 11) is 0. The van der Waals surface area contributed by atoms with Crippen molar-refractivity contribution in [2.24, 2.45) is 11.1 Å². The zero-order chi connectivity index (χ0) is 7.41. The van der Waals surface area contributed by atoms with Crippen molar-refractivity contribution in [1.82, 2.24) is 0 Å². The zero-order valence-corrected chi connectivity index (χ0v) is 5.69. The number of carbonyl (C=O) groups excluding carboxylic acids is 1. The number of ketones is 1. The lowest BCUT2D eigenvalue weighted by molar-refractivity contribution is -0.210. The van der Waals surface area contributed by atoms with E-state index in [0.717, 1.165) is 0 Å². The molecule has 0 atom stereocenters. The topological polar surface area (TPSA) is 43.1 Å². The van der Waals surface area contributed by atoms with Crippen molar-refractivity contribution in [2.45, 2.75) is 24.9 Å². The molecule has 3 saturated carbocycles. The van der Waals surface area contributed by atoms with Gasteiger partial charge in [0.15, 0.2) is 5.78 Å². The highest BCUT2D eigenvalue weighted by Gasteiger charge is 2.71. The van der Waals surface area contributed by atoms with E-state index in [1.165, 1.54) is 0 Å². The van der Waals surface area contributed by atoms with Crippen LogP contribution < -0.4 is 5.73 Å². The summed E-state index contributed by atoms with van der Waals surface area (Å²) in [6, 6.07) is 0. The van der Waals surface area contributed by atoms with Gasteiger partial charge in [-0.1, -0.05) is 0 Å². The Morgan fingerprint density at radius 3 is 2.30 bits per heavy atom. The van der Waals surface area contributed by atoms with E-state index in [0.29, 0.717) is 19.3 Å². The molecule has 56 valence electrons. The average Bonchev–Trinajstić information content (AvgIpc) is 1.77. The quantitative estimate of drug-likeness (QED) is 0.608. The van der Waals surface area contributed by atoms with Gasteiger partial charge in [0.2, 0.25) is 0 Å².